The molecule has 0 unspecified atom stereocenters. The standard InChI is InChI=1S/C19H29N3O2.HI/c1-4-24-17-10-9-15(11-18(17)23-3)22-19(20-2)21-12-16(13-5-6-13)14-7-8-14;/h9-11,13-14,16H,4-8,12H2,1-3H3,(H2,20,21,22);1H. The van der Waals surface area contributed by atoms with Crippen LogP contribution < -0.4 is 20.1 Å². The van der Waals surface area contributed by atoms with Gasteiger partial charge in [-0.25, -0.2) is 0 Å². The van der Waals surface area contributed by atoms with Gasteiger partial charge in [0, 0.05) is 25.3 Å². The van der Waals surface area contributed by atoms with Crippen LogP contribution in [0.4, 0.5) is 5.69 Å². The first-order valence-electron chi connectivity index (χ1n) is 9.03. The molecule has 0 saturated heterocycles. The lowest BCUT2D eigenvalue weighted by atomic mass is 9.98. The summed E-state index contributed by atoms with van der Waals surface area (Å²) in [4.78, 5) is 4.35. The molecule has 0 bridgehead atoms. The first kappa shape index (κ1) is 20.1. The second kappa shape index (κ2) is 9.50. The van der Waals surface area contributed by atoms with Crippen molar-refractivity contribution >= 4 is 35.6 Å². The third kappa shape index (κ3) is 5.66. The van der Waals surface area contributed by atoms with Gasteiger partial charge in [-0.05, 0) is 62.5 Å². The Morgan fingerprint density at radius 1 is 1.20 bits per heavy atom. The van der Waals surface area contributed by atoms with Crippen LogP contribution in [0.1, 0.15) is 32.6 Å². The van der Waals surface area contributed by atoms with E-state index in [9.17, 15) is 0 Å². The number of halogens is 1. The number of anilines is 1. The Bertz CT molecular complexity index is 574. The fourth-order valence-electron chi connectivity index (χ4n) is 3.32. The van der Waals surface area contributed by atoms with Gasteiger partial charge in [-0.15, -0.1) is 24.0 Å². The van der Waals surface area contributed by atoms with Crippen LogP contribution in [-0.4, -0.2) is 33.3 Å². The van der Waals surface area contributed by atoms with Crippen LogP contribution in [0.25, 0.3) is 0 Å². The maximum absolute atomic E-state index is 5.56. The van der Waals surface area contributed by atoms with E-state index in [0.717, 1.165) is 47.4 Å². The Morgan fingerprint density at radius 3 is 2.40 bits per heavy atom. The Kier molecular flexibility index (Phi) is 7.65. The fourth-order valence-corrected chi connectivity index (χ4v) is 3.32. The van der Waals surface area contributed by atoms with Crippen LogP contribution in [0.3, 0.4) is 0 Å². The Morgan fingerprint density at radius 2 is 1.88 bits per heavy atom. The van der Waals surface area contributed by atoms with Crippen LogP contribution >= 0.6 is 24.0 Å². The van der Waals surface area contributed by atoms with E-state index in [1.54, 1.807) is 7.11 Å². The molecule has 5 nitrogen and oxygen atoms in total. The summed E-state index contributed by atoms with van der Waals surface area (Å²) >= 11 is 0. The minimum absolute atomic E-state index is 0. The van der Waals surface area contributed by atoms with Crippen molar-refractivity contribution in [1.29, 1.82) is 0 Å². The molecule has 2 saturated carbocycles. The summed E-state index contributed by atoms with van der Waals surface area (Å²) in [5.41, 5.74) is 0.942. The zero-order valence-electron chi connectivity index (χ0n) is 15.4. The van der Waals surface area contributed by atoms with Crippen LogP contribution in [-0.2, 0) is 0 Å². The van der Waals surface area contributed by atoms with E-state index in [2.05, 4.69) is 15.6 Å². The van der Waals surface area contributed by atoms with Gasteiger partial charge < -0.3 is 20.1 Å². The molecular formula is C19H30IN3O2. The molecule has 25 heavy (non-hydrogen) atoms. The van der Waals surface area contributed by atoms with Crippen LogP contribution in [0, 0.1) is 17.8 Å². The smallest absolute Gasteiger partial charge is 0.195 e. The number of nitrogens with zero attached hydrogens (tertiary/aromatic N) is 1. The van der Waals surface area contributed by atoms with Crippen molar-refractivity contribution in [3.8, 4) is 11.5 Å². The maximum Gasteiger partial charge on any atom is 0.195 e. The molecule has 3 rings (SSSR count). The van der Waals surface area contributed by atoms with Crippen molar-refractivity contribution in [3.63, 3.8) is 0 Å². The Balaban J connectivity index is 0.00000225. The number of guanidine groups is 1. The summed E-state index contributed by atoms with van der Waals surface area (Å²) in [6.45, 7) is 3.60. The van der Waals surface area contributed by atoms with Gasteiger partial charge in [0.15, 0.2) is 17.5 Å². The maximum atomic E-state index is 5.56. The van der Waals surface area contributed by atoms with E-state index in [4.69, 9.17) is 9.47 Å². The van der Waals surface area contributed by atoms with Crippen LogP contribution in [0.15, 0.2) is 23.2 Å². The number of hydrogen-bond acceptors (Lipinski definition) is 3. The number of aliphatic imine (C=N–C) groups is 1. The van der Waals surface area contributed by atoms with Crippen molar-refractivity contribution in [2.45, 2.75) is 32.6 Å². The lowest BCUT2D eigenvalue weighted by Gasteiger charge is -2.19. The molecule has 0 amide bonds. The van der Waals surface area contributed by atoms with Gasteiger partial charge in [0.25, 0.3) is 0 Å². The van der Waals surface area contributed by atoms with Gasteiger partial charge in [-0.1, -0.05) is 0 Å². The van der Waals surface area contributed by atoms with E-state index in [0.29, 0.717) is 6.61 Å². The average molecular weight is 459 g/mol. The highest BCUT2D eigenvalue weighted by atomic mass is 127. The third-order valence-corrected chi connectivity index (χ3v) is 4.91. The van der Waals surface area contributed by atoms with Gasteiger partial charge in [-0.3, -0.25) is 4.99 Å². The van der Waals surface area contributed by atoms with Gasteiger partial charge in [-0.2, -0.15) is 0 Å². The number of rotatable bonds is 8. The molecule has 6 heteroatoms. The van der Waals surface area contributed by atoms with Crippen LogP contribution in [0.5, 0.6) is 11.5 Å². The predicted octanol–water partition coefficient (Wildman–Crippen LogP) is 4.14. The fraction of sp³-hybridized carbons (Fsp3) is 0.632. The summed E-state index contributed by atoms with van der Waals surface area (Å²) in [7, 11) is 3.47. The molecule has 0 heterocycles. The zero-order valence-corrected chi connectivity index (χ0v) is 17.7. The SMILES string of the molecule is CCOc1ccc(NC(=NC)NCC(C2CC2)C2CC2)cc1OC.I. The largest absolute Gasteiger partial charge is 0.493 e. The van der Waals surface area contributed by atoms with Crippen molar-refractivity contribution in [2.75, 3.05) is 32.6 Å². The second-order valence-corrected chi connectivity index (χ2v) is 6.72. The summed E-state index contributed by atoms with van der Waals surface area (Å²) in [6.07, 6.45) is 5.63. The Labute approximate surface area is 168 Å². The molecule has 2 N–H and O–H groups in total. The predicted molar refractivity (Wildman–Crippen MR) is 114 cm³/mol. The highest BCUT2D eigenvalue weighted by Crippen LogP contribution is 2.48. The molecule has 2 aliphatic rings. The van der Waals surface area contributed by atoms with Crippen molar-refractivity contribution in [3.05, 3.63) is 18.2 Å². The lowest BCUT2D eigenvalue weighted by Crippen LogP contribution is -2.35. The van der Waals surface area contributed by atoms with Gasteiger partial charge in [0.1, 0.15) is 0 Å². The van der Waals surface area contributed by atoms with E-state index >= 15 is 0 Å². The second-order valence-electron chi connectivity index (χ2n) is 6.72. The molecule has 140 valence electrons. The minimum atomic E-state index is 0. The van der Waals surface area contributed by atoms with Crippen molar-refractivity contribution < 1.29 is 9.47 Å². The van der Waals surface area contributed by atoms with E-state index < -0.39 is 0 Å². The molecule has 2 fully saturated rings. The number of methoxy groups -OCH3 is 1. The first-order chi connectivity index (χ1) is 11.7. The number of benzene rings is 1. The van der Waals surface area contributed by atoms with Crippen molar-refractivity contribution in [1.82, 2.24) is 5.32 Å². The average Bonchev–Trinajstić information content (AvgIpc) is 3.48. The lowest BCUT2D eigenvalue weighted by molar-refractivity contribution is 0.311. The van der Waals surface area contributed by atoms with Crippen molar-refractivity contribution in [2.24, 2.45) is 22.7 Å². The first-order valence-corrected chi connectivity index (χ1v) is 9.03. The van der Waals surface area contributed by atoms with Gasteiger partial charge >= 0.3 is 0 Å². The van der Waals surface area contributed by atoms with Gasteiger partial charge in [0.2, 0.25) is 0 Å². The molecule has 0 aromatic heterocycles. The van der Waals surface area contributed by atoms with Gasteiger partial charge in [0.05, 0.1) is 13.7 Å². The number of nitrogens with one attached hydrogen (secondary N) is 2. The number of ether oxygens (including phenoxy) is 2. The summed E-state index contributed by atoms with van der Waals surface area (Å²) in [5, 5.41) is 6.85. The summed E-state index contributed by atoms with van der Waals surface area (Å²) < 4.78 is 11.0. The molecule has 0 spiro atoms. The summed E-state index contributed by atoms with van der Waals surface area (Å²) in [6, 6.07) is 5.85. The quantitative estimate of drug-likeness (QED) is 0.349. The molecule has 0 atom stereocenters. The molecule has 1 aromatic rings. The third-order valence-electron chi connectivity index (χ3n) is 4.91. The van der Waals surface area contributed by atoms with E-state index in [1.165, 1.54) is 25.7 Å². The highest BCUT2D eigenvalue weighted by Gasteiger charge is 2.41. The minimum Gasteiger partial charge on any atom is -0.493 e. The molecule has 1 aromatic carbocycles. The number of hydrogen-bond donors (Lipinski definition) is 2. The Hall–Kier alpha value is -1.18. The van der Waals surface area contributed by atoms with E-state index in [-0.39, 0.29) is 24.0 Å². The monoisotopic (exact) mass is 459 g/mol. The topological polar surface area (TPSA) is 54.9 Å². The molecular weight excluding hydrogens is 429 g/mol. The zero-order chi connectivity index (χ0) is 16.9. The highest BCUT2D eigenvalue weighted by molar-refractivity contribution is 14.0. The van der Waals surface area contributed by atoms with E-state index in [1.807, 2.05) is 32.2 Å². The molecule has 2 aliphatic carbocycles. The summed E-state index contributed by atoms with van der Waals surface area (Å²) in [5.74, 6) is 5.00. The van der Waals surface area contributed by atoms with Crippen LogP contribution in [0.2, 0.25) is 0 Å². The normalized spacial score (nSPS) is 17.0. The molecule has 0 aliphatic heterocycles. The molecule has 0 radical (unpaired) electrons.